The molecule has 0 saturated heterocycles. The second-order valence-corrected chi connectivity index (χ2v) is 5.17. The maximum absolute atomic E-state index is 11.9. The van der Waals surface area contributed by atoms with Crippen molar-refractivity contribution >= 4 is 34.6 Å². The van der Waals surface area contributed by atoms with Gasteiger partial charge in [-0.1, -0.05) is 28.9 Å². The lowest BCUT2D eigenvalue weighted by Crippen LogP contribution is -2.28. The largest absolute Gasteiger partial charge is 0.454 e. The van der Waals surface area contributed by atoms with Gasteiger partial charge in [-0.25, -0.2) is 0 Å². The summed E-state index contributed by atoms with van der Waals surface area (Å²) in [5, 5.41) is 8.57. The highest BCUT2D eigenvalue weighted by Gasteiger charge is 2.21. The molecule has 0 fully saturated rings. The van der Waals surface area contributed by atoms with Crippen molar-refractivity contribution in [3.63, 3.8) is 0 Å². The van der Waals surface area contributed by atoms with E-state index in [0.29, 0.717) is 21.4 Å². The number of carbonyl (C=O) groups excluding carboxylic acids is 1. The molecule has 0 atom stereocenters. The van der Waals surface area contributed by atoms with Crippen LogP contribution in [0.3, 0.4) is 0 Å². The molecule has 1 aromatic heterocycles. The molecule has 0 radical (unpaired) electrons. The first-order valence-electron chi connectivity index (χ1n) is 6.00. The fourth-order valence-electron chi connectivity index (χ4n) is 1.59. The standard InChI is InChI=1S/C14H13ClN2O3S/c1-16-14(18)12(17-19-2)13-11(7-8-21-13)20-10-6-4-3-5-9(10)15/h3-8H,1-2H3,(H,16,18)/b17-12-. The minimum atomic E-state index is -0.358. The molecule has 7 heteroatoms. The van der Waals surface area contributed by atoms with Gasteiger partial charge >= 0.3 is 0 Å². The Labute approximate surface area is 131 Å². The Morgan fingerprint density at radius 2 is 2.05 bits per heavy atom. The zero-order valence-corrected chi connectivity index (χ0v) is 13.0. The number of nitrogens with zero attached hydrogens (tertiary/aromatic N) is 1. The van der Waals surface area contributed by atoms with Gasteiger partial charge in [0.2, 0.25) is 0 Å². The van der Waals surface area contributed by atoms with E-state index >= 15 is 0 Å². The van der Waals surface area contributed by atoms with Crippen molar-refractivity contribution in [3.8, 4) is 11.5 Å². The highest BCUT2D eigenvalue weighted by molar-refractivity contribution is 7.13. The summed E-state index contributed by atoms with van der Waals surface area (Å²) in [7, 11) is 2.90. The Morgan fingerprint density at radius 1 is 1.29 bits per heavy atom. The Balaban J connectivity index is 2.36. The number of amides is 1. The van der Waals surface area contributed by atoms with Gasteiger partial charge in [0.1, 0.15) is 23.5 Å². The molecule has 0 spiro atoms. The smallest absolute Gasteiger partial charge is 0.274 e. The number of thiophene rings is 1. The van der Waals surface area contributed by atoms with Crippen LogP contribution in [0.4, 0.5) is 0 Å². The molecule has 1 amide bonds. The van der Waals surface area contributed by atoms with E-state index in [-0.39, 0.29) is 11.6 Å². The molecule has 0 saturated carbocycles. The van der Waals surface area contributed by atoms with Gasteiger partial charge in [-0.15, -0.1) is 11.3 Å². The molecular formula is C14H13ClN2O3S. The van der Waals surface area contributed by atoms with Crippen LogP contribution < -0.4 is 10.1 Å². The highest BCUT2D eigenvalue weighted by Crippen LogP contribution is 2.34. The quantitative estimate of drug-likeness (QED) is 0.678. The van der Waals surface area contributed by atoms with Crippen LogP contribution in [0.15, 0.2) is 40.9 Å². The van der Waals surface area contributed by atoms with Gasteiger partial charge in [0.15, 0.2) is 5.71 Å². The normalized spacial score (nSPS) is 11.1. The Bertz CT molecular complexity index is 670. The van der Waals surface area contributed by atoms with Crippen molar-refractivity contribution < 1.29 is 14.4 Å². The number of carbonyl (C=O) groups is 1. The summed E-state index contributed by atoms with van der Waals surface area (Å²) in [6, 6.07) is 8.85. The number of likely N-dealkylation sites (N-methyl/N-ethyl adjacent to an activating group) is 1. The molecule has 2 aromatic rings. The van der Waals surface area contributed by atoms with Crippen LogP contribution in [0, 0.1) is 0 Å². The van der Waals surface area contributed by atoms with Gasteiger partial charge in [0, 0.05) is 7.05 Å². The molecule has 2 rings (SSSR count). The second kappa shape index (κ2) is 7.10. The zero-order valence-electron chi connectivity index (χ0n) is 11.4. The summed E-state index contributed by atoms with van der Waals surface area (Å²) in [5.41, 5.74) is 0.150. The van der Waals surface area contributed by atoms with Crippen molar-refractivity contribution in [2.75, 3.05) is 14.2 Å². The molecule has 1 aromatic carbocycles. The summed E-state index contributed by atoms with van der Waals surface area (Å²) in [6.45, 7) is 0. The van der Waals surface area contributed by atoms with Gasteiger partial charge in [-0.05, 0) is 23.6 Å². The van der Waals surface area contributed by atoms with Crippen LogP contribution in [0.1, 0.15) is 4.88 Å². The lowest BCUT2D eigenvalue weighted by Gasteiger charge is -2.09. The molecule has 0 bridgehead atoms. The van der Waals surface area contributed by atoms with Crippen LogP contribution in [0.2, 0.25) is 5.02 Å². The van der Waals surface area contributed by atoms with E-state index in [2.05, 4.69) is 10.5 Å². The number of benzene rings is 1. The summed E-state index contributed by atoms with van der Waals surface area (Å²) in [4.78, 5) is 17.2. The van der Waals surface area contributed by atoms with Crippen molar-refractivity contribution in [1.29, 1.82) is 0 Å². The van der Waals surface area contributed by atoms with Crippen LogP contribution in [-0.2, 0) is 9.63 Å². The maximum Gasteiger partial charge on any atom is 0.274 e. The summed E-state index contributed by atoms with van der Waals surface area (Å²) < 4.78 is 5.76. The van der Waals surface area contributed by atoms with Crippen LogP contribution in [0.25, 0.3) is 0 Å². The third-order valence-electron chi connectivity index (χ3n) is 2.53. The van der Waals surface area contributed by atoms with E-state index in [1.165, 1.54) is 25.5 Å². The predicted molar refractivity (Wildman–Crippen MR) is 83.5 cm³/mol. The molecule has 0 aliphatic carbocycles. The van der Waals surface area contributed by atoms with Gasteiger partial charge in [0.25, 0.3) is 5.91 Å². The van der Waals surface area contributed by atoms with E-state index in [9.17, 15) is 4.79 Å². The van der Waals surface area contributed by atoms with Crippen molar-refractivity contribution in [2.24, 2.45) is 5.16 Å². The van der Waals surface area contributed by atoms with E-state index in [1.54, 1.807) is 23.6 Å². The second-order valence-electron chi connectivity index (χ2n) is 3.85. The van der Waals surface area contributed by atoms with E-state index in [0.717, 1.165) is 0 Å². The summed E-state index contributed by atoms with van der Waals surface area (Å²) >= 11 is 7.39. The predicted octanol–water partition coefficient (Wildman–Crippen LogP) is 3.29. The fraction of sp³-hybridized carbons (Fsp3) is 0.143. The monoisotopic (exact) mass is 324 g/mol. The van der Waals surface area contributed by atoms with Gasteiger partial charge in [-0.2, -0.15) is 0 Å². The maximum atomic E-state index is 11.9. The highest BCUT2D eigenvalue weighted by atomic mass is 35.5. The Morgan fingerprint density at radius 3 is 2.71 bits per heavy atom. The average molecular weight is 325 g/mol. The number of hydrogen-bond acceptors (Lipinski definition) is 5. The van der Waals surface area contributed by atoms with Gasteiger partial charge < -0.3 is 14.9 Å². The first-order valence-corrected chi connectivity index (χ1v) is 7.26. The van der Waals surface area contributed by atoms with E-state index in [4.69, 9.17) is 21.2 Å². The molecule has 0 aliphatic heterocycles. The number of nitrogens with one attached hydrogen (secondary N) is 1. The molecular weight excluding hydrogens is 312 g/mol. The van der Waals surface area contributed by atoms with Crippen molar-refractivity contribution in [2.45, 2.75) is 0 Å². The van der Waals surface area contributed by atoms with Crippen molar-refractivity contribution in [1.82, 2.24) is 5.32 Å². The van der Waals surface area contributed by atoms with Crippen LogP contribution in [0.5, 0.6) is 11.5 Å². The topological polar surface area (TPSA) is 59.9 Å². The lowest BCUT2D eigenvalue weighted by molar-refractivity contribution is -0.114. The minimum absolute atomic E-state index is 0.150. The molecule has 21 heavy (non-hydrogen) atoms. The molecule has 5 nitrogen and oxygen atoms in total. The molecule has 1 N–H and O–H groups in total. The van der Waals surface area contributed by atoms with Gasteiger partial charge in [0.05, 0.1) is 5.02 Å². The Hall–Kier alpha value is -2.05. The number of oxime groups is 1. The first-order chi connectivity index (χ1) is 10.2. The third-order valence-corrected chi connectivity index (χ3v) is 3.74. The molecule has 0 aliphatic rings. The summed E-state index contributed by atoms with van der Waals surface area (Å²) in [5.74, 6) is 0.642. The van der Waals surface area contributed by atoms with E-state index in [1.807, 2.05) is 12.1 Å². The van der Waals surface area contributed by atoms with Crippen molar-refractivity contribution in [3.05, 3.63) is 45.6 Å². The number of rotatable bonds is 5. The summed E-state index contributed by atoms with van der Waals surface area (Å²) in [6.07, 6.45) is 0. The fourth-order valence-corrected chi connectivity index (χ4v) is 2.56. The molecule has 0 unspecified atom stereocenters. The van der Waals surface area contributed by atoms with Crippen LogP contribution in [-0.4, -0.2) is 25.8 Å². The third kappa shape index (κ3) is 3.53. The number of ether oxygens (including phenoxy) is 1. The molecule has 110 valence electrons. The lowest BCUT2D eigenvalue weighted by atomic mass is 10.2. The SMILES string of the molecule is CNC(=O)/C(=N\OC)c1sccc1Oc1ccccc1Cl. The number of hydrogen-bond donors (Lipinski definition) is 1. The molecule has 1 heterocycles. The average Bonchev–Trinajstić information content (AvgIpc) is 2.94. The minimum Gasteiger partial charge on any atom is -0.454 e. The van der Waals surface area contributed by atoms with E-state index < -0.39 is 0 Å². The number of para-hydroxylation sites is 1. The van der Waals surface area contributed by atoms with Crippen LogP contribution >= 0.6 is 22.9 Å². The van der Waals surface area contributed by atoms with Gasteiger partial charge in [-0.3, -0.25) is 4.79 Å². The number of halogens is 1. The Kier molecular flexibility index (Phi) is 5.19. The zero-order chi connectivity index (χ0) is 15.2. The first kappa shape index (κ1) is 15.3.